The van der Waals surface area contributed by atoms with Crippen molar-refractivity contribution >= 4 is 12.0 Å². The maximum Gasteiger partial charge on any atom is 0.340 e. The number of carbonyl (C=O) groups excluding carboxylic acids is 1. The molecule has 3 nitrogen and oxygen atoms in total. The van der Waals surface area contributed by atoms with Gasteiger partial charge >= 0.3 is 5.97 Å². The van der Waals surface area contributed by atoms with E-state index < -0.39 is 11.8 Å². The Balaban J connectivity index is 2.87. The highest BCUT2D eigenvalue weighted by molar-refractivity contribution is 5.90. The van der Waals surface area contributed by atoms with Gasteiger partial charge in [-0.2, -0.15) is 0 Å². The standard InChI is InChI=1S/C13H16FNO2/c1-15-9-4-3-6-10-7-5-8-11(12(10)14)13(16)17-2/h3,5-8,15H,4,9H2,1-2H3. The summed E-state index contributed by atoms with van der Waals surface area (Å²) in [5, 5.41) is 2.99. The highest BCUT2D eigenvalue weighted by atomic mass is 19.1. The van der Waals surface area contributed by atoms with Crippen molar-refractivity contribution in [1.82, 2.24) is 5.32 Å². The molecule has 0 heterocycles. The molecule has 0 aliphatic rings. The quantitative estimate of drug-likeness (QED) is 0.630. The predicted molar refractivity (Wildman–Crippen MR) is 65.3 cm³/mol. The van der Waals surface area contributed by atoms with Crippen LogP contribution in [0.4, 0.5) is 4.39 Å². The van der Waals surface area contributed by atoms with E-state index in [1.165, 1.54) is 13.2 Å². The predicted octanol–water partition coefficient (Wildman–Crippen LogP) is 2.24. The van der Waals surface area contributed by atoms with Gasteiger partial charge in [-0.05, 0) is 26.1 Å². The lowest BCUT2D eigenvalue weighted by molar-refractivity contribution is 0.0595. The Morgan fingerprint density at radius 2 is 2.29 bits per heavy atom. The van der Waals surface area contributed by atoms with Crippen LogP contribution in [0.3, 0.4) is 0 Å². The first-order valence-corrected chi connectivity index (χ1v) is 5.38. The van der Waals surface area contributed by atoms with Crippen molar-refractivity contribution in [3.8, 4) is 0 Å². The summed E-state index contributed by atoms with van der Waals surface area (Å²) < 4.78 is 18.4. The van der Waals surface area contributed by atoms with Crippen molar-refractivity contribution in [3.63, 3.8) is 0 Å². The molecule has 1 aromatic carbocycles. The van der Waals surface area contributed by atoms with Crippen LogP contribution in [0.5, 0.6) is 0 Å². The second-order valence-corrected chi connectivity index (χ2v) is 3.49. The van der Waals surface area contributed by atoms with Crippen molar-refractivity contribution in [1.29, 1.82) is 0 Å². The van der Waals surface area contributed by atoms with Gasteiger partial charge in [0, 0.05) is 5.56 Å². The Morgan fingerprint density at radius 1 is 1.53 bits per heavy atom. The number of methoxy groups -OCH3 is 1. The van der Waals surface area contributed by atoms with Crippen molar-refractivity contribution < 1.29 is 13.9 Å². The van der Waals surface area contributed by atoms with Crippen LogP contribution in [0.15, 0.2) is 24.3 Å². The molecule has 1 rings (SSSR count). The molecule has 17 heavy (non-hydrogen) atoms. The fourth-order valence-electron chi connectivity index (χ4n) is 1.38. The Labute approximate surface area is 100 Å². The molecule has 0 amide bonds. The number of hydrogen-bond donors (Lipinski definition) is 1. The summed E-state index contributed by atoms with van der Waals surface area (Å²) in [7, 11) is 3.09. The molecule has 92 valence electrons. The van der Waals surface area contributed by atoms with Crippen LogP contribution in [0.25, 0.3) is 6.08 Å². The lowest BCUT2D eigenvalue weighted by Crippen LogP contribution is -2.06. The molecule has 4 heteroatoms. The van der Waals surface area contributed by atoms with Gasteiger partial charge in [-0.25, -0.2) is 9.18 Å². The lowest BCUT2D eigenvalue weighted by atomic mass is 10.1. The topological polar surface area (TPSA) is 38.3 Å². The average molecular weight is 237 g/mol. The highest BCUT2D eigenvalue weighted by Gasteiger charge is 2.13. The molecule has 0 radical (unpaired) electrons. The average Bonchev–Trinajstić information content (AvgIpc) is 2.35. The molecule has 1 aromatic rings. The molecule has 0 saturated carbocycles. The van der Waals surface area contributed by atoms with Crippen LogP contribution >= 0.6 is 0 Å². The number of ether oxygens (including phenoxy) is 1. The second-order valence-electron chi connectivity index (χ2n) is 3.49. The maximum atomic E-state index is 13.9. The Kier molecular flexibility index (Phi) is 5.36. The van der Waals surface area contributed by atoms with E-state index in [1.54, 1.807) is 18.2 Å². The third-order valence-corrected chi connectivity index (χ3v) is 2.29. The summed E-state index contributed by atoms with van der Waals surface area (Å²) >= 11 is 0. The molecule has 0 aliphatic carbocycles. The zero-order valence-corrected chi connectivity index (χ0v) is 10.00. The molecule has 0 aromatic heterocycles. The number of hydrogen-bond acceptors (Lipinski definition) is 3. The number of halogens is 1. The van der Waals surface area contributed by atoms with E-state index in [4.69, 9.17) is 0 Å². The minimum Gasteiger partial charge on any atom is -0.465 e. The van der Waals surface area contributed by atoms with Crippen LogP contribution in [0, 0.1) is 5.82 Å². The van der Waals surface area contributed by atoms with Crippen LogP contribution in [0.2, 0.25) is 0 Å². The van der Waals surface area contributed by atoms with Gasteiger partial charge in [-0.1, -0.05) is 24.3 Å². The largest absolute Gasteiger partial charge is 0.465 e. The lowest BCUT2D eigenvalue weighted by Gasteiger charge is -2.03. The molecule has 0 aliphatic heterocycles. The number of rotatable bonds is 5. The second kappa shape index (κ2) is 6.81. The van der Waals surface area contributed by atoms with Gasteiger partial charge in [0.1, 0.15) is 5.82 Å². The van der Waals surface area contributed by atoms with E-state index in [0.29, 0.717) is 5.56 Å². The molecule has 0 unspecified atom stereocenters. The Bertz CT molecular complexity index is 416. The number of nitrogens with one attached hydrogen (secondary N) is 1. The summed E-state index contributed by atoms with van der Waals surface area (Å²) in [6.45, 7) is 0.828. The molecule has 0 fully saturated rings. The van der Waals surface area contributed by atoms with E-state index in [0.717, 1.165) is 13.0 Å². The minimum absolute atomic E-state index is 0.0386. The first-order chi connectivity index (χ1) is 8.20. The van der Waals surface area contributed by atoms with Gasteiger partial charge in [0.15, 0.2) is 0 Å². The van der Waals surface area contributed by atoms with Crippen molar-refractivity contribution in [2.24, 2.45) is 0 Å². The smallest absolute Gasteiger partial charge is 0.340 e. The minimum atomic E-state index is -0.659. The zero-order valence-electron chi connectivity index (χ0n) is 10.00. The summed E-state index contributed by atoms with van der Waals surface area (Å²) in [6.07, 6.45) is 4.33. The maximum absolute atomic E-state index is 13.9. The van der Waals surface area contributed by atoms with Gasteiger partial charge in [0.25, 0.3) is 0 Å². The summed E-state index contributed by atoms with van der Waals surface area (Å²) in [5.41, 5.74) is 0.354. The van der Waals surface area contributed by atoms with Crippen molar-refractivity contribution in [2.75, 3.05) is 20.7 Å². The van der Waals surface area contributed by atoms with E-state index in [2.05, 4.69) is 10.1 Å². The van der Waals surface area contributed by atoms with Gasteiger partial charge < -0.3 is 10.1 Å². The number of benzene rings is 1. The molecular formula is C13H16FNO2. The van der Waals surface area contributed by atoms with Gasteiger partial charge in [-0.15, -0.1) is 0 Å². The Morgan fingerprint density at radius 3 is 2.94 bits per heavy atom. The first-order valence-electron chi connectivity index (χ1n) is 5.38. The van der Waals surface area contributed by atoms with E-state index in [1.807, 2.05) is 13.1 Å². The van der Waals surface area contributed by atoms with Gasteiger partial charge in [-0.3, -0.25) is 0 Å². The van der Waals surface area contributed by atoms with Crippen molar-refractivity contribution in [2.45, 2.75) is 6.42 Å². The zero-order chi connectivity index (χ0) is 12.7. The molecule has 0 spiro atoms. The Hall–Kier alpha value is -1.68. The first kappa shape index (κ1) is 13.4. The summed E-state index contributed by atoms with van der Waals surface area (Å²) in [6, 6.07) is 4.66. The fourth-order valence-corrected chi connectivity index (χ4v) is 1.38. The van der Waals surface area contributed by atoms with E-state index in [-0.39, 0.29) is 5.56 Å². The molecular weight excluding hydrogens is 221 g/mol. The fraction of sp³-hybridized carbons (Fsp3) is 0.308. The molecule has 0 atom stereocenters. The van der Waals surface area contributed by atoms with Crippen LogP contribution in [-0.2, 0) is 4.74 Å². The van der Waals surface area contributed by atoms with Crippen LogP contribution in [0.1, 0.15) is 22.3 Å². The van der Waals surface area contributed by atoms with E-state index >= 15 is 0 Å². The highest BCUT2D eigenvalue weighted by Crippen LogP contribution is 2.15. The third-order valence-electron chi connectivity index (χ3n) is 2.29. The van der Waals surface area contributed by atoms with Gasteiger partial charge in [0.05, 0.1) is 12.7 Å². The third kappa shape index (κ3) is 3.67. The normalized spacial score (nSPS) is 10.8. The summed E-state index contributed by atoms with van der Waals surface area (Å²) in [4.78, 5) is 11.3. The molecule has 1 N–H and O–H groups in total. The SMILES string of the molecule is CNCCC=Cc1cccc(C(=O)OC)c1F. The van der Waals surface area contributed by atoms with Crippen LogP contribution in [-0.4, -0.2) is 26.7 Å². The number of esters is 1. The molecule has 0 saturated heterocycles. The van der Waals surface area contributed by atoms with Gasteiger partial charge in [0.2, 0.25) is 0 Å². The van der Waals surface area contributed by atoms with Crippen molar-refractivity contribution in [3.05, 3.63) is 41.2 Å². The van der Waals surface area contributed by atoms with E-state index in [9.17, 15) is 9.18 Å². The number of carbonyl (C=O) groups is 1. The monoisotopic (exact) mass is 237 g/mol. The molecule has 0 bridgehead atoms. The summed E-state index contributed by atoms with van der Waals surface area (Å²) in [5.74, 6) is -1.20. The van der Waals surface area contributed by atoms with Crippen LogP contribution < -0.4 is 5.32 Å².